The van der Waals surface area contributed by atoms with E-state index >= 15 is 0 Å². The lowest BCUT2D eigenvalue weighted by atomic mass is 9.97. The normalized spacial score (nSPS) is 13.1. The van der Waals surface area contributed by atoms with Gasteiger partial charge in [0.25, 0.3) is 5.91 Å². The summed E-state index contributed by atoms with van der Waals surface area (Å²) in [5, 5.41) is 14.1. The number of rotatable bonds is 7. The van der Waals surface area contributed by atoms with Crippen molar-refractivity contribution in [2.45, 2.75) is 32.4 Å². The van der Waals surface area contributed by atoms with Crippen LogP contribution in [0.15, 0.2) is 48.5 Å². The number of nitrogens with zero attached hydrogens (tertiary/aromatic N) is 1. The molecule has 33 heavy (non-hydrogen) atoms. The van der Waals surface area contributed by atoms with Crippen LogP contribution in [0.5, 0.6) is 5.75 Å². The Labute approximate surface area is 191 Å². The summed E-state index contributed by atoms with van der Waals surface area (Å²) < 4.78 is 33.5. The molecule has 0 bridgehead atoms. The van der Waals surface area contributed by atoms with Crippen LogP contribution in [-0.2, 0) is 11.4 Å². The molecule has 0 saturated carbocycles. The lowest BCUT2D eigenvalue weighted by Crippen LogP contribution is -2.51. The van der Waals surface area contributed by atoms with Gasteiger partial charge >= 0.3 is 5.97 Å². The molecule has 1 atom stereocenters. The van der Waals surface area contributed by atoms with Gasteiger partial charge in [0.1, 0.15) is 22.9 Å². The van der Waals surface area contributed by atoms with Crippen molar-refractivity contribution in [1.82, 2.24) is 10.3 Å². The second-order valence-electron chi connectivity index (χ2n) is 7.74. The second kappa shape index (κ2) is 8.74. The van der Waals surface area contributed by atoms with Crippen LogP contribution in [0.25, 0.3) is 21.0 Å². The van der Waals surface area contributed by atoms with Crippen molar-refractivity contribution in [3.8, 4) is 5.75 Å². The number of halogens is 2. The Morgan fingerprint density at radius 1 is 1.15 bits per heavy atom. The summed E-state index contributed by atoms with van der Waals surface area (Å²) in [7, 11) is 0. The van der Waals surface area contributed by atoms with Gasteiger partial charge < -0.3 is 15.2 Å². The summed E-state index contributed by atoms with van der Waals surface area (Å²) in [6, 6.07) is 12.7. The van der Waals surface area contributed by atoms with E-state index in [1.807, 2.05) is 12.1 Å². The predicted molar refractivity (Wildman–Crippen MR) is 122 cm³/mol. The quantitative estimate of drug-likeness (QED) is 0.383. The van der Waals surface area contributed by atoms with Gasteiger partial charge in [0.2, 0.25) is 0 Å². The van der Waals surface area contributed by atoms with Crippen LogP contribution in [0.4, 0.5) is 8.78 Å². The summed E-state index contributed by atoms with van der Waals surface area (Å²) in [5.74, 6) is -3.40. The molecule has 4 rings (SSSR count). The summed E-state index contributed by atoms with van der Waals surface area (Å²) >= 11 is 1.16. The first-order valence-electron chi connectivity index (χ1n) is 10.2. The zero-order valence-electron chi connectivity index (χ0n) is 17.8. The van der Waals surface area contributed by atoms with Gasteiger partial charge in [0, 0.05) is 11.5 Å². The molecule has 6 nitrogen and oxygen atoms in total. The van der Waals surface area contributed by atoms with Gasteiger partial charge in [0.05, 0.1) is 15.8 Å². The number of benzene rings is 3. The van der Waals surface area contributed by atoms with Gasteiger partial charge in [-0.05, 0) is 30.9 Å². The van der Waals surface area contributed by atoms with Gasteiger partial charge in [-0.1, -0.05) is 37.3 Å². The molecule has 0 radical (unpaired) electrons. The van der Waals surface area contributed by atoms with E-state index in [-0.39, 0.29) is 24.3 Å². The molecule has 0 aliphatic rings. The third-order valence-corrected chi connectivity index (χ3v) is 6.50. The maximum atomic E-state index is 13.5. The Bertz CT molecular complexity index is 1350. The largest absolute Gasteiger partial charge is 0.485 e. The summed E-state index contributed by atoms with van der Waals surface area (Å²) in [4.78, 5) is 29.0. The van der Waals surface area contributed by atoms with Gasteiger partial charge in [0.15, 0.2) is 11.6 Å². The maximum Gasteiger partial charge on any atom is 0.329 e. The maximum absolute atomic E-state index is 13.5. The minimum Gasteiger partial charge on any atom is -0.485 e. The van der Waals surface area contributed by atoms with Crippen LogP contribution in [-0.4, -0.2) is 27.5 Å². The Balaban J connectivity index is 1.70. The van der Waals surface area contributed by atoms with Crippen molar-refractivity contribution in [1.29, 1.82) is 0 Å². The first-order chi connectivity index (χ1) is 15.7. The Hall–Kier alpha value is -3.59. The highest BCUT2D eigenvalue weighted by atomic mass is 32.1. The Morgan fingerprint density at radius 3 is 2.61 bits per heavy atom. The molecular formula is C24H20F2N2O4S. The molecule has 2 N–H and O–H groups in total. The number of fused-ring (bicyclic) bond motifs is 2. The molecule has 0 fully saturated rings. The molecule has 1 amide bonds. The SMILES string of the molecule is CCC(C)(NC(=O)c1ccc2ccccc2c1OCc1nc2cc(F)c(F)cc2s1)C(=O)O. The first-order valence-corrected chi connectivity index (χ1v) is 11.0. The van der Waals surface area contributed by atoms with E-state index in [1.54, 1.807) is 31.2 Å². The number of carbonyl (C=O) groups is 2. The number of nitrogens with one attached hydrogen (secondary N) is 1. The van der Waals surface area contributed by atoms with E-state index in [4.69, 9.17) is 4.74 Å². The van der Waals surface area contributed by atoms with Gasteiger partial charge in [-0.25, -0.2) is 18.6 Å². The lowest BCUT2D eigenvalue weighted by Gasteiger charge is -2.25. The molecule has 0 aliphatic carbocycles. The average molecular weight is 470 g/mol. The van der Waals surface area contributed by atoms with Crippen LogP contribution < -0.4 is 10.1 Å². The second-order valence-corrected chi connectivity index (χ2v) is 8.85. The fourth-order valence-electron chi connectivity index (χ4n) is 3.36. The fraction of sp³-hybridized carbons (Fsp3) is 0.208. The van der Waals surface area contributed by atoms with E-state index in [1.165, 1.54) is 6.92 Å². The summed E-state index contributed by atoms with van der Waals surface area (Å²) in [6.45, 7) is 3.07. The molecule has 1 unspecified atom stereocenters. The number of carbonyl (C=O) groups excluding carboxylic acids is 1. The van der Waals surface area contributed by atoms with Crippen molar-refractivity contribution in [2.75, 3.05) is 0 Å². The van der Waals surface area contributed by atoms with Gasteiger partial charge in [-0.3, -0.25) is 4.79 Å². The van der Waals surface area contributed by atoms with Crippen LogP contribution in [0.2, 0.25) is 0 Å². The Morgan fingerprint density at radius 2 is 1.88 bits per heavy atom. The molecule has 4 aromatic rings. The molecule has 1 heterocycles. The van der Waals surface area contributed by atoms with Crippen LogP contribution in [0, 0.1) is 11.6 Å². The number of thiazole rings is 1. The number of carboxylic acid groups (broad SMARTS) is 1. The third kappa shape index (κ3) is 4.36. The average Bonchev–Trinajstić information content (AvgIpc) is 3.18. The number of carboxylic acids is 1. The van der Waals surface area contributed by atoms with Crippen molar-refractivity contribution >= 4 is 44.2 Å². The predicted octanol–water partition coefficient (Wildman–Crippen LogP) is 5.29. The highest BCUT2D eigenvalue weighted by Crippen LogP contribution is 2.32. The lowest BCUT2D eigenvalue weighted by molar-refractivity contribution is -0.143. The minimum atomic E-state index is -1.44. The van der Waals surface area contributed by atoms with Crippen LogP contribution >= 0.6 is 11.3 Å². The fourth-order valence-corrected chi connectivity index (χ4v) is 4.24. The number of ether oxygens (including phenoxy) is 1. The van der Waals surface area contributed by atoms with Crippen LogP contribution in [0.1, 0.15) is 35.6 Å². The third-order valence-electron chi connectivity index (χ3n) is 5.51. The van der Waals surface area contributed by atoms with E-state index in [0.29, 0.717) is 20.6 Å². The van der Waals surface area contributed by atoms with Gasteiger partial charge in [-0.2, -0.15) is 0 Å². The highest BCUT2D eigenvalue weighted by Gasteiger charge is 2.34. The molecule has 3 aromatic carbocycles. The number of amides is 1. The first kappa shape index (κ1) is 22.6. The minimum absolute atomic E-state index is 0.0408. The van der Waals surface area contributed by atoms with E-state index in [2.05, 4.69) is 10.3 Å². The van der Waals surface area contributed by atoms with Gasteiger partial charge in [-0.15, -0.1) is 11.3 Å². The molecule has 0 aliphatic heterocycles. The molecule has 0 spiro atoms. The monoisotopic (exact) mass is 470 g/mol. The van der Waals surface area contributed by atoms with E-state index < -0.39 is 29.0 Å². The number of hydrogen-bond acceptors (Lipinski definition) is 5. The van der Waals surface area contributed by atoms with Crippen molar-refractivity contribution < 1.29 is 28.2 Å². The topological polar surface area (TPSA) is 88.5 Å². The van der Waals surface area contributed by atoms with E-state index in [9.17, 15) is 23.5 Å². The van der Waals surface area contributed by atoms with E-state index in [0.717, 1.165) is 28.9 Å². The summed E-state index contributed by atoms with van der Waals surface area (Å²) in [6.07, 6.45) is 0.191. The highest BCUT2D eigenvalue weighted by molar-refractivity contribution is 7.18. The standard InChI is InChI=1S/C24H20F2N2O4S/c1-3-24(2,23(30)31)28-22(29)15-9-8-13-6-4-5-7-14(13)21(15)32-12-20-27-18-10-16(25)17(26)11-19(18)33-20/h4-11H,3,12H2,1-2H3,(H,28,29)(H,30,31). The Kier molecular flexibility index (Phi) is 5.99. The number of hydrogen-bond donors (Lipinski definition) is 2. The smallest absolute Gasteiger partial charge is 0.329 e. The molecule has 170 valence electrons. The van der Waals surface area contributed by atoms with Crippen molar-refractivity contribution in [2.24, 2.45) is 0 Å². The zero-order chi connectivity index (χ0) is 23.8. The van der Waals surface area contributed by atoms with Crippen molar-refractivity contribution in [3.63, 3.8) is 0 Å². The molecule has 0 saturated heterocycles. The molecular weight excluding hydrogens is 450 g/mol. The van der Waals surface area contributed by atoms with Crippen LogP contribution in [0.3, 0.4) is 0 Å². The molecule has 1 aromatic heterocycles. The molecule has 9 heteroatoms. The zero-order valence-corrected chi connectivity index (χ0v) is 18.6. The van der Waals surface area contributed by atoms with Crippen molar-refractivity contribution in [3.05, 3.63) is 70.7 Å². The number of aliphatic carboxylic acids is 1. The summed E-state index contributed by atoms with van der Waals surface area (Å²) in [5.41, 5.74) is -0.956. The number of aromatic nitrogens is 1.